The van der Waals surface area contributed by atoms with Crippen molar-refractivity contribution in [1.82, 2.24) is 10.2 Å². The molecule has 2 saturated heterocycles. The number of nitrogens with one attached hydrogen (secondary N) is 1. The van der Waals surface area contributed by atoms with Crippen LogP contribution < -0.4 is 5.32 Å². The lowest BCUT2D eigenvalue weighted by atomic mass is 9.97. The van der Waals surface area contributed by atoms with Crippen LogP contribution in [-0.4, -0.2) is 53.1 Å². The van der Waals surface area contributed by atoms with E-state index in [-0.39, 0.29) is 18.4 Å². The average molecular weight is 258 g/mol. The first-order chi connectivity index (χ1) is 8.15. The predicted molar refractivity (Wildman–Crippen MR) is 66.1 cm³/mol. The van der Waals surface area contributed by atoms with E-state index in [1.54, 1.807) is 4.90 Å². The molecule has 0 saturated carbocycles. The monoisotopic (exact) mass is 258 g/mol. The Balaban J connectivity index is 1.60. The highest BCUT2D eigenvalue weighted by molar-refractivity contribution is 7.99. The number of likely N-dealkylation sites (tertiary alicyclic amines) is 1. The van der Waals surface area contributed by atoms with Crippen molar-refractivity contribution in [1.29, 1.82) is 0 Å². The van der Waals surface area contributed by atoms with Crippen LogP contribution in [0.1, 0.15) is 12.8 Å². The zero-order valence-corrected chi connectivity index (χ0v) is 10.5. The second-order valence-electron chi connectivity index (χ2n) is 4.78. The van der Waals surface area contributed by atoms with Gasteiger partial charge in [0, 0.05) is 25.6 Å². The molecule has 2 amide bonds. The molecule has 2 aliphatic rings. The van der Waals surface area contributed by atoms with E-state index in [0.29, 0.717) is 19.0 Å². The van der Waals surface area contributed by atoms with E-state index in [0.717, 1.165) is 12.3 Å². The lowest BCUT2D eigenvalue weighted by Gasteiger charge is -2.38. The van der Waals surface area contributed by atoms with E-state index >= 15 is 0 Å². The van der Waals surface area contributed by atoms with Gasteiger partial charge in [-0.1, -0.05) is 0 Å². The van der Waals surface area contributed by atoms with Gasteiger partial charge in [-0.15, -0.1) is 0 Å². The van der Waals surface area contributed by atoms with E-state index in [1.807, 2.05) is 11.8 Å². The highest BCUT2D eigenvalue weighted by Gasteiger charge is 2.32. The first-order valence-corrected chi connectivity index (χ1v) is 7.13. The van der Waals surface area contributed by atoms with Crippen LogP contribution in [0.2, 0.25) is 0 Å². The van der Waals surface area contributed by atoms with Gasteiger partial charge in [0.15, 0.2) is 0 Å². The first-order valence-electron chi connectivity index (χ1n) is 5.97. The Morgan fingerprint density at radius 3 is 2.71 bits per heavy atom. The zero-order valence-electron chi connectivity index (χ0n) is 9.72. The fourth-order valence-corrected chi connectivity index (χ4v) is 3.48. The molecule has 6 heteroatoms. The Kier molecular flexibility index (Phi) is 4.15. The fraction of sp³-hybridized carbons (Fsp3) is 0.818. The van der Waals surface area contributed by atoms with Gasteiger partial charge in [0.25, 0.3) is 0 Å². The number of carboxylic acid groups (broad SMARTS) is 1. The molecule has 1 atom stereocenters. The van der Waals surface area contributed by atoms with Crippen molar-refractivity contribution < 1.29 is 14.7 Å². The van der Waals surface area contributed by atoms with E-state index in [1.165, 1.54) is 12.2 Å². The van der Waals surface area contributed by atoms with Crippen LogP contribution in [0.15, 0.2) is 0 Å². The van der Waals surface area contributed by atoms with Gasteiger partial charge in [-0.2, -0.15) is 11.8 Å². The Bertz CT molecular complexity index is 299. The standard InChI is InChI=1S/C11H18N2O3S/c14-10(15)3-9-5-13(6-9)11(16)12-4-8-1-2-17-7-8/h8-9H,1-7H2,(H,12,16)(H,14,15). The molecule has 0 aromatic carbocycles. The SMILES string of the molecule is O=C(O)CC1CN(C(=O)NCC2CCSC2)C1. The number of nitrogens with zero attached hydrogens (tertiary/aromatic N) is 1. The summed E-state index contributed by atoms with van der Waals surface area (Å²) in [5, 5.41) is 11.5. The third kappa shape index (κ3) is 3.52. The number of urea groups is 1. The Morgan fingerprint density at radius 2 is 2.12 bits per heavy atom. The number of carboxylic acids is 1. The summed E-state index contributed by atoms with van der Waals surface area (Å²) in [5.41, 5.74) is 0. The second kappa shape index (κ2) is 5.62. The number of thioether (sulfide) groups is 1. The van der Waals surface area contributed by atoms with Gasteiger partial charge in [0.1, 0.15) is 0 Å². The predicted octanol–water partition coefficient (Wildman–Crippen LogP) is 0.856. The Labute approximate surface area is 105 Å². The maximum absolute atomic E-state index is 11.7. The summed E-state index contributed by atoms with van der Waals surface area (Å²) in [6.07, 6.45) is 1.36. The van der Waals surface area contributed by atoms with E-state index in [9.17, 15) is 9.59 Å². The van der Waals surface area contributed by atoms with Crippen molar-refractivity contribution in [2.24, 2.45) is 11.8 Å². The van der Waals surface area contributed by atoms with Crippen LogP contribution in [0.25, 0.3) is 0 Å². The molecule has 17 heavy (non-hydrogen) atoms. The minimum Gasteiger partial charge on any atom is -0.481 e. The van der Waals surface area contributed by atoms with Gasteiger partial charge < -0.3 is 15.3 Å². The molecule has 2 fully saturated rings. The molecule has 2 heterocycles. The molecule has 5 nitrogen and oxygen atoms in total. The largest absolute Gasteiger partial charge is 0.481 e. The number of hydrogen-bond acceptors (Lipinski definition) is 3. The first kappa shape index (κ1) is 12.5. The smallest absolute Gasteiger partial charge is 0.317 e. The number of rotatable bonds is 4. The Morgan fingerprint density at radius 1 is 1.35 bits per heavy atom. The molecule has 0 aliphatic carbocycles. The number of carbonyl (C=O) groups excluding carboxylic acids is 1. The zero-order chi connectivity index (χ0) is 12.3. The van der Waals surface area contributed by atoms with Crippen molar-refractivity contribution in [2.75, 3.05) is 31.1 Å². The summed E-state index contributed by atoms with van der Waals surface area (Å²) in [6, 6.07) is -0.0384. The van der Waals surface area contributed by atoms with E-state index < -0.39 is 5.97 Å². The fourth-order valence-electron chi connectivity index (χ4n) is 2.20. The summed E-state index contributed by atoms with van der Waals surface area (Å²) in [6.45, 7) is 1.92. The molecule has 0 spiro atoms. The Hall–Kier alpha value is -0.910. The molecule has 0 radical (unpaired) electrons. The van der Waals surface area contributed by atoms with Gasteiger partial charge in [0.05, 0.1) is 6.42 Å². The third-order valence-electron chi connectivity index (χ3n) is 3.27. The van der Waals surface area contributed by atoms with Crippen molar-refractivity contribution in [3.8, 4) is 0 Å². The molecule has 2 rings (SSSR count). The third-order valence-corrected chi connectivity index (χ3v) is 4.51. The number of aliphatic carboxylic acids is 1. The molecule has 96 valence electrons. The van der Waals surface area contributed by atoms with Crippen LogP contribution >= 0.6 is 11.8 Å². The molecular formula is C11H18N2O3S. The number of hydrogen-bond donors (Lipinski definition) is 2. The quantitative estimate of drug-likeness (QED) is 0.784. The van der Waals surface area contributed by atoms with Crippen LogP contribution in [0, 0.1) is 11.8 Å². The molecule has 0 aromatic rings. The normalized spacial score (nSPS) is 24.5. The molecule has 1 unspecified atom stereocenters. The molecule has 2 N–H and O–H groups in total. The summed E-state index contributed by atoms with van der Waals surface area (Å²) in [5.74, 6) is 2.31. The summed E-state index contributed by atoms with van der Waals surface area (Å²) in [4.78, 5) is 23.8. The average Bonchev–Trinajstić information content (AvgIpc) is 2.71. The summed E-state index contributed by atoms with van der Waals surface area (Å²) in [7, 11) is 0. The minimum absolute atomic E-state index is 0.0384. The van der Waals surface area contributed by atoms with Crippen LogP contribution in [0.4, 0.5) is 4.79 Å². The van der Waals surface area contributed by atoms with Crippen LogP contribution in [0.3, 0.4) is 0 Å². The van der Waals surface area contributed by atoms with Gasteiger partial charge >= 0.3 is 12.0 Å². The summed E-state index contributed by atoms with van der Waals surface area (Å²) >= 11 is 1.94. The maximum Gasteiger partial charge on any atom is 0.317 e. The molecular weight excluding hydrogens is 240 g/mol. The van der Waals surface area contributed by atoms with Crippen LogP contribution in [0.5, 0.6) is 0 Å². The van der Waals surface area contributed by atoms with Crippen molar-refractivity contribution >= 4 is 23.8 Å². The van der Waals surface area contributed by atoms with Gasteiger partial charge in [-0.05, 0) is 23.8 Å². The van der Waals surface area contributed by atoms with Crippen molar-refractivity contribution in [2.45, 2.75) is 12.8 Å². The molecule has 0 aromatic heterocycles. The number of carbonyl (C=O) groups is 2. The lowest BCUT2D eigenvalue weighted by molar-refractivity contribution is -0.139. The van der Waals surface area contributed by atoms with Crippen LogP contribution in [-0.2, 0) is 4.79 Å². The van der Waals surface area contributed by atoms with Crippen molar-refractivity contribution in [3.05, 3.63) is 0 Å². The van der Waals surface area contributed by atoms with E-state index in [4.69, 9.17) is 5.11 Å². The molecule has 0 bridgehead atoms. The van der Waals surface area contributed by atoms with Gasteiger partial charge in [-0.25, -0.2) is 4.79 Å². The van der Waals surface area contributed by atoms with Gasteiger partial charge in [0.2, 0.25) is 0 Å². The number of amides is 2. The molecule has 2 aliphatic heterocycles. The topological polar surface area (TPSA) is 69.6 Å². The highest BCUT2D eigenvalue weighted by Crippen LogP contribution is 2.23. The lowest BCUT2D eigenvalue weighted by Crippen LogP contribution is -2.54. The summed E-state index contributed by atoms with van der Waals surface area (Å²) < 4.78 is 0. The minimum atomic E-state index is -0.780. The maximum atomic E-state index is 11.7. The van der Waals surface area contributed by atoms with E-state index in [2.05, 4.69) is 5.32 Å². The second-order valence-corrected chi connectivity index (χ2v) is 5.93. The highest BCUT2D eigenvalue weighted by atomic mass is 32.2. The van der Waals surface area contributed by atoms with Gasteiger partial charge in [-0.3, -0.25) is 4.79 Å². The van der Waals surface area contributed by atoms with Crippen molar-refractivity contribution in [3.63, 3.8) is 0 Å².